The lowest BCUT2D eigenvalue weighted by Gasteiger charge is -2.29. The molecular weight excluding hydrogens is 481 g/mol. The maximum atomic E-state index is 13.6. The van der Waals surface area contributed by atoms with Crippen molar-refractivity contribution in [2.75, 3.05) is 13.1 Å². The van der Waals surface area contributed by atoms with Crippen molar-refractivity contribution < 1.29 is 18.9 Å². The molecule has 0 fully saturated rings. The number of nitro benzene ring substituents is 1. The van der Waals surface area contributed by atoms with Gasteiger partial charge in [0, 0.05) is 35.2 Å². The Hall–Kier alpha value is -3.59. The van der Waals surface area contributed by atoms with Gasteiger partial charge in [-0.25, -0.2) is 4.39 Å². The molecule has 36 heavy (non-hydrogen) atoms. The van der Waals surface area contributed by atoms with Gasteiger partial charge in [-0.1, -0.05) is 32.0 Å². The fourth-order valence-corrected chi connectivity index (χ4v) is 4.75. The number of amides is 2. The second kappa shape index (κ2) is 11.9. The quantitative estimate of drug-likeness (QED) is 0.257. The Morgan fingerprint density at radius 2 is 1.69 bits per heavy atom. The molecule has 2 amide bonds. The van der Waals surface area contributed by atoms with Crippen molar-refractivity contribution in [3.05, 3.63) is 97.0 Å². The highest BCUT2D eigenvalue weighted by molar-refractivity contribution is 7.10. The van der Waals surface area contributed by atoms with Crippen molar-refractivity contribution in [2.45, 2.75) is 40.8 Å². The fourth-order valence-electron chi connectivity index (χ4n) is 3.83. The van der Waals surface area contributed by atoms with Gasteiger partial charge in [-0.05, 0) is 60.5 Å². The second-order valence-corrected chi connectivity index (χ2v) is 10.2. The molecule has 0 aliphatic heterocycles. The first kappa shape index (κ1) is 27.0. The van der Waals surface area contributed by atoms with Gasteiger partial charge in [0.25, 0.3) is 11.6 Å². The molecule has 0 bridgehead atoms. The lowest BCUT2D eigenvalue weighted by atomic mass is 10.1. The average molecular weight is 512 g/mol. The molecule has 3 rings (SSSR count). The molecule has 190 valence electrons. The first-order chi connectivity index (χ1) is 17.0. The number of rotatable bonds is 10. The number of thiophene rings is 1. The van der Waals surface area contributed by atoms with Gasteiger partial charge in [0.2, 0.25) is 5.91 Å². The van der Waals surface area contributed by atoms with E-state index in [1.165, 1.54) is 23.1 Å². The molecule has 1 heterocycles. The van der Waals surface area contributed by atoms with Crippen LogP contribution in [0.4, 0.5) is 10.1 Å². The van der Waals surface area contributed by atoms with Gasteiger partial charge >= 0.3 is 0 Å². The van der Waals surface area contributed by atoms with Crippen LogP contribution in [-0.2, 0) is 17.9 Å². The summed E-state index contributed by atoms with van der Waals surface area (Å²) in [6.07, 6.45) is 0. The van der Waals surface area contributed by atoms with E-state index in [-0.39, 0.29) is 42.0 Å². The van der Waals surface area contributed by atoms with Gasteiger partial charge in [0.1, 0.15) is 12.4 Å². The minimum atomic E-state index is -0.516. The Bertz CT molecular complexity index is 1240. The molecule has 0 aliphatic rings. The van der Waals surface area contributed by atoms with Crippen molar-refractivity contribution in [1.82, 2.24) is 9.80 Å². The zero-order valence-electron chi connectivity index (χ0n) is 20.9. The number of benzene rings is 2. The SMILES string of the molecule is Cc1ccc(C(=O)N(CC(=O)N(Cc2ccc(F)cc2)Cc2sccc2C)CC(C)C)cc1[N+](=O)[O-]. The van der Waals surface area contributed by atoms with Crippen LogP contribution < -0.4 is 0 Å². The lowest BCUT2D eigenvalue weighted by Crippen LogP contribution is -2.44. The lowest BCUT2D eigenvalue weighted by molar-refractivity contribution is -0.385. The molecule has 2 aromatic carbocycles. The predicted octanol–water partition coefficient (Wildman–Crippen LogP) is 5.74. The predicted molar refractivity (Wildman–Crippen MR) is 138 cm³/mol. The number of carbonyl (C=O) groups excluding carboxylic acids is 2. The molecular formula is C27H30FN3O4S. The summed E-state index contributed by atoms with van der Waals surface area (Å²) in [5.41, 5.74) is 2.33. The monoisotopic (exact) mass is 511 g/mol. The van der Waals surface area contributed by atoms with Crippen LogP contribution in [0.15, 0.2) is 53.9 Å². The molecule has 0 atom stereocenters. The summed E-state index contributed by atoms with van der Waals surface area (Å²) in [5, 5.41) is 13.3. The van der Waals surface area contributed by atoms with Crippen molar-refractivity contribution in [1.29, 1.82) is 0 Å². The number of nitrogens with zero attached hydrogens (tertiary/aromatic N) is 3. The Morgan fingerprint density at radius 1 is 1.00 bits per heavy atom. The van der Waals surface area contributed by atoms with Gasteiger partial charge < -0.3 is 9.80 Å². The van der Waals surface area contributed by atoms with Crippen molar-refractivity contribution >= 4 is 28.8 Å². The number of nitro groups is 1. The van der Waals surface area contributed by atoms with Crippen LogP contribution in [0.25, 0.3) is 0 Å². The van der Waals surface area contributed by atoms with Crippen LogP contribution in [-0.4, -0.2) is 39.6 Å². The van der Waals surface area contributed by atoms with Crippen molar-refractivity contribution in [3.8, 4) is 0 Å². The number of hydrogen-bond acceptors (Lipinski definition) is 5. The van der Waals surface area contributed by atoms with Gasteiger partial charge in [-0.15, -0.1) is 11.3 Å². The van der Waals surface area contributed by atoms with E-state index in [1.807, 2.05) is 32.2 Å². The summed E-state index contributed by atoms with van der Waals surface area (Å²) in [6, 6.07) is 12.3. The molecule has 0 saturated heterocycles. The molecule has 0 unspecified atom stereocenters. The maximum absolute atomic E-state index is 13.6. The highest BCUT2D eigenvalue weighted by Gasteiger charge is 2.25. The smallest absolute Gasteiger partial charge is 0.273 e. The van der Waals surface area contributed by atoms with Gasteiger partial charge in [-0.2, -0.15) is 0 Å². The standard InChI is InChI=1S/C27H30FN3O4S/c1-18(2)14-30(27(33)22-8-5-19(3)24(13-22)31(34)35)17-26(32)29(16-25-20(4)11-12-36-25)15-21-6-9-23(28)10-7-21/h5-13,18H,14-17H2,1-4H3. The van der Waals surface area contributed by atoms with Gasteiger partial charge in [0.05, 0.1) is 11.5 Å². The van der Waals surface area contributed by atoms with E-state index in [2.05, 4.69) is 0 Å². The summed E-state index contributed by atoms with van der Waals surface area (Å²) in [7, 11) is 0. The zero-order valence-corrected chi connectivity index (χ0v) is 21.7. The maximum Gasteiger partial charge on any atom is 0.273 e. The molecule has 3 aromatic rings. The normalized spacial score (nSPS) is 10.9. The summed E-state index contributed by atoms with van der Waals surface area (Å²) < 4.78 is 13.4. The van der Waals surface area contributed by atoms with E-state index in [0.717, 1.165) is 16.0 Å². The molecule has 0 spiro atoms. The van der Waals surface area contributed by atoms with Gasteiger partial charge in [0.15, 0.2) is 0 Å². The minimum Gasteiger partial charge on any atom is -0.332 e. The molecule has 1 aromatic heterocycles. The summed E-state index contributed by atoms with van der Waals surface area (Å²) in [6.45, 7) is 8.23. The van der Waals surface area contributed by atoms with Crippen LogP contribution in [0.5, 0.6) is 0 Å². The van der Waals surface area contributed by atoms with E-state index in [1.54, 1.807) is 47.4 Å². The topological polar surface area (TPSA) is 83.8 Å². The first-order valence-corrected chi connectivity index (χ1v) is 12.5. The number of aryl methyl sites for hydroxylation is 2. The summed E-state index contributed by atoms with van der Waals surface area (Å²) in [5.74, 6) is -0.976. The van der Waals surface area contributed by atoms with E-state index < -0.39 is 10.8 Å². The zero-order chi connectivity index (χ0) is 26.4. The Labute approximate surface area is 214 Å². The fraction of sp³-hybridized carbons (Fsp3) is 0.333. The largest absolute Gasteiger partial charge is 0.332 e. The van der Waals surface area contributed by atoms with E-state index in [0.29, 0.717) is 18.7 Å². The second-order valence-electron chi connectivity index (χ2n) is 9.24. The van der Waals surface area contributed by atoms with Crippen LogP contribution in [0.2, 0.25) is 0 Å². The van der Waals surface area contributed by atoms with Crippen LogP contribution >= 0.6 is 11.3 Å². The molecule has 7 nitrogen and oxygen atoms in total. The summed E-state index contributed by atoms with van der Waals surface area (Å²) >= 11 is 1.55. The third kappa shape index (κ3) is 6.97. The Kier molecular flexibility index (Phi) is 8.93. The van der Waals surface area contributed by atoms with E-state index in [4.69, 9.17) is 0 Å². The molecule has 9 heteroatoms. The minimum absolute atomic E-state index is 0.0762. The first-order valence-electron chi connectivity index (χ1n) is 11.6. The molecule has 0 aliphatic carbocycles. The third-order valence-corrected chi connectivity index (χ3v) is 6.80. The van der Waals surface area contributed by atoms with Crippen LogP contribution in [0, 0.1) is 35.7 Å². The number of hydrogen-bond donors (Lipinski definition) is 0. The highest BCUT2D eigenvalue weighted by atomic mass is 32.1. The van der Waals surface area contributed by atoms with E-state index >= 15 is 0 Å². The molecule has 0 radical (unpaired) electrons. The third-order valence-electron chi connectivity index (χ3n) is 5.79. The van der Waals surface area contributed by atoms with Crippen LogP contribution in [0.1, 0.15) is 45.8 Å². The highest BCUT2D eigenvalue weighted by Crippen LogP contribution is 2.22. The molecule has 0 N–H and O–H groups in total. The van der Waals surface area contributed by atoms with Crippen LogP contribution in [0.3, 0.4) is 0 Å². The van der Waals surface area contributed by atoms with Gasteiger partial charge in [-0.3, -0.25) is 19.7 Å². The average Bonchev–Trinajstić information content (AvgIpc) is 3.23. The number of halogens is 1. The molecule has 0 saturated carbocycles. The Balaban J connectivity index is 1.88. The summed E-state index contributed by atoms with van der Waals surface area (Å²) in [4.78, 5) is 41.9. The van der Waals surface area contributed by atoms with Crippen molar-refractivity contribution in [2.24, 2.45) is 5.92 Å². The Morgan fingerprint density at radius 3 is 2.28 bits per heavy atom. The van der Waals surface area contributed by atoms with E-state index in [9.17, 15) is 24.1 Å². The number of carbonyl (C=O) groups is 2. The van der Waals surface area contributed by atoms with Crippen molar-refractivity contribution in [3.63, 3.8) is 0 Å².